The number of anilines is 2. The predicted molar refractivity (Wildman–Crippen MR) is 139 cm³/mol. The number of hydrogen-bond donors (Lipinski definition) is 2. The number of nitrogens with two attached hydrogens (primary N) is 1. The van der Waals surface area contributed by atoms with E-state index >= 15 is 0 Å². The van der Waals surface area contributed by atoms with Gasteiger partial charge in [-0.2, -0.15) is 0 Å². The fourth-order valence-corrected chi connectivity index (χ4v) is 5.17. The second-order valence-electron chi connectivity index (χ2n) is 8.83. The minimum Gasteiger partial charge on any atom is -0.422 e. The number of piperidine rings is 1. The van der Waals surface area contributed by atoms with Crippen molar-refractivity contribution in [2.24, 2.45) is 5.73 Å². The van der Waals surface area contributed by atoms with E-state index in [2.05, 4.69) is 14.8 Å². The summed E-state index contributed by atoms with van der Waals surface area (Å²) in [5.41, 5.74) is 7.54. The number of halogens is 2. The van der Waals surface area contributed by atoms with Crippen molar-refractivity contribution in [3.63, 3.8) is 0 Å². The topological polar surface area (TPSA) is 106 Å². The zero-order chi connectivity index (χ0) is 24.7. The molecule has 182 valence electrons. The van der Waals surface area contributed by atoms with E-state index in [9.17, 15) is 9.59 Å². The molecule has 0 unspecified atom stereocenters. The standard InChI is InChI=1S/C25H25Cl2N5O3/c1-14-16-12-19-20(13-21(16)35-24(34)22(14)23(28)33)32(10-9-31-7-3-2-4-8-31)25(30-19)29-18-6-5-15(26)11-17(18)27/h5-6,11-13H,2-4,7-10H2,1H3,(H2,28,33)(H,29,30). The number of nitrogens with zero attached hydrogens (tertiary/aromatic N) is 3. The molecular weight excluding hydrogens is 489 g/mol. The highest BCUT2D eigenvalue weighted by atomic mass is 35.5. The van der Waals surface area contributed by atoms with Gasteiger partial charge in [-0.1, -0.05) is 29.6 Å². The van der Waals surface area contributed by atoms with Crippen LogP contribution in [-0.2, 0) is 6.54 Å². The summed E-state index contributed by atoms with van der Waals surface area (Å²) in [5, 5.41) is 4.97. The minimum atomic E-state index is -0.815. The van der Waals surface area contributed by atoms with Crippen LogP contribution in [0.4, 0.5) is 11.6 Å². The predicted octanol–water partition coefficient (Wildman–Crippen LogP) is 5.09. The molecule has 0 spiro atoms. The second-order valence-corrected chi connectivity index (χ2v) is 9.67. The molecule has 0 radical (unpaired) electrons. The summed E-state index contributed by atoms with van der Waals surface area (Å²) < 4.78 is 7.55. The number of likely N-dealkylation sites (tertiary alicyclic amines) is 1. The van der Waals surface area contributed by atoms with Crippen molar-refractivity contribution in [3.05, 3.63) is 61.9 Å². The summed E-state index contributed by atoms with van der Waals surface area (Å²) in [4.78, 5) is 31.5. The molecule has 2 aromatic heterocycles. The Morgan fingerprint density at radius 1 is 1.14 bits per heavy atom. The molecule has 3 heterocycles. The van der Waals surface area contributed by atoms with Gasteiger partial charge in [-0.15, -0.1) is 0 Å². The lowest BCUT2D eigenvalue weighted by molar-refractivity contribution is 0.0996. The Hall–Kier alpha value is -3.07. The first-order valence-electron chi connectivity index (χ1n) is 11.5. The van der Waals surface area contributed by atoms with Crippen molar-refractivity contribution in [2.75, 3.05) is 25.0 Å². The van der Waals surface area contributed by atoms with Crippen LogP contribution >= 0.6 is 23.2 Å². The van der Waals surface area contributed by atoms with Crippen LogP contribution in [0.15, 0.2) is 39.5 Å². The minimum absolute atomic E-state index is 0.146. The maximum Gasteiger partial charge on any atom is 0.349 e. The van der Waals surface area contributed by atoms with Gasteiger partial charge in [0.05, 0.1) is 21.7 Å². The van der Waals surface area contributed by atoms with Gasteiger partial charge in [-0.25, -0.2) is 9.78 Å². The summed E-state index contributed by atoms with van der Waals surface area (Å²) in [6.07, 6.45) is 3.67. The third kappa shape index (κ3) is 4.61. The second kappa shape index (κ2) is 9.53. The highest BCUT2D eigenvalue weighted by molar-refractivity contribution is 6.36. The average Bonchev–Trinajstić information content (AvgIpc) is 3.14. The van der Waals surface area contributed by atoms with Crippen molar-refractivity contribution < 1.29 is 9.21 Å². The quantitative estimate of drug-likeness (QED) is 0.348. The van der Waals surface area contributed by atoms with Crippen molar-refractivity contribution in [2.45, 2.75) is 32.7 Å². The maximum absolute atomic E-state index is 12.4. The molecular formula is C25H25Cl2N5O3. The molecule has 35 heavy (non-hydrogen) atoms. The van der Waals surface area contributed by atoms with E-state index in [1.807, 2.05) is 6.07 Å². The first kappa shape index (κ1) is 23.7. The van der Waals surface area contributed by atoms with Crippen molar-refractivity contribution >= 4 is 62.7 Å². The van der Waals surface area contributed by atoms with E-state index in [0.717, 1.165) is 25.2 Å². The largest absolute Gasteiger partial charge is 0.422 e. The Morgan fingerprint density at radius 3 is 2.63 bits per heavy atom. The van der Waals surface area contributed by atoms with Gasteiger partial charge in [-0.05, 0) is 62.7 Å². The number of aryl methyl sites for hydroxylation is 1. The van der Waals surface area contributed by atoms with E-state index in [1.165, 1.54) is 19.3 Å². The molecule has 0 aliphatic carbocycles. The van der Waals surface area contributed by atoms with Gasteiger partial charge >= 0.3 is 5.63 Å². The van der Waals surface area contributed by atoms with Crippen molar-refractivity contribution in [1.82, 2.24) is 14.5 Å². The lowest BCUT2D eigenvalue weighted by Gasteiger charge is -2.26. The normalized spacial score (nSPS) is 14.6. The molecule has 8 nitrogen and oxygen atoms in total. The van der Waals surface area contributed by atoms with Gasteiger partial charge < -0.3 is 24.9 Å². The van der Waals surface area contributed by atoms with E-state index in [-0.39, 0.29) is 5.56 Å². The van der Waals surface area contributed by atoms with Crippen LogP contribution in [0.1, 0.15) is 35.2 Å². The van der Waals surface area contributed by atoms with E-state index in [0.29, 0.717) is 50.3 Å². The van der Waals surface area contributed by atoms with Crippen LogP contribution in [0, 0.1) is 6.92 Å². The molecule has 1 aliphatic heterocycles. The molecule has 2 aromatic carbocycles. The highest BCUT2D eigenvalue weighted by Gasteiger charge is 2.20. The van der Waals surface area contributed by atoms with E-state index in [1.54, 1.807) is 31.2 Å². The summed E-state index contributed by atoms with van der Waals surface area (Å²) in [6, 6.07) is 8.85. The number of fused-ring (bicyclic) bond motifs is 2. The Morgan fingerprint density at radius 2 is 1.91 bits per heavy atom. The molecule has 0 bridgehead atoms. The van der Waals surface area contributed by atoms with Gasteiger partial charge in [0.1, 0.15) is 11.1 Å². The summed E-state index contributed by atoms with van der Waals surface area (Å²) in [5.74, 6) is -0.211. The number of carbonyl (C=O) groups excluding carboxylic acids is 1. The molecule has 0 saturated carbocycles. The number of hydrogen-bond acceptors (Lipinski definition) is 6. The Balaban J connectivity index is 1.63. The number of benzene rings is 2. The van der Waals surface area contributed by atoms with Crippen LogP contribution in [-0.4, -0.2) is 40.0 Å². The first-order valence-corrected chi connectivity index (χ1v) is 12.3. The Labute approximate surface area is 211 Å². The lowest BCUT2D eigenvalue weighted by Crippen LogP contribution is -2.32. The summed E-state index contributed by atoms with van der Waals surface area (Å²) in [7, 11) is 0. The third-order valence-corrected chi connectivity index (χ3v) is 7.10. The number of carbonyl (C=O) groups is 1. The van der Waals surface area contributed by atoms with Crippen LogP contribution in [0.3, 0.4) is 0 Å². The van der Waals surface area contributed by atoms with Crippen LogP contribution < -0.4 is 16.7 Å². The fraction of sp³-hybridized carbons (Fsp3) is 0.320. The number of rotatable bonds is 6. The van der Waals surface area contributed by atoms with Gasteiger partial charge in [0.25, 0.3) is 5.91 Å². The molecule has 5 rings (SSSR count). The molecule has 1 aliphatic rings. The molecule has 3 N–H and O–H groups in total. The molecule has 1 fully saturated rings. The van der Waals surface area contributed by atoms with Crippen LogP contribution in [0.5, 0.6) is 0 Å². The Bertz CT molecular complexity index is 1510. The molecule has 1 saturated heterocycles. The number of aromatic nitrogens is 2. The molecule has 0 atom stereocenters. The summed E-state index contributed by atoms with van der Waals surface area (Å²) >= 11 is 12.5. The number of imidazole rings is 1. The first-order chi connectivity index (χ1) is 16.8. The summed E-state index contributed by atoms with van der Waals surface area (Å²) in [6.45, 7) is 5.37. The zero-order valence-corrected chi connectivity index (χ0v) is 20.7. The van der Waals surface area contributed by atoms with E-state index in [4.69, 9.17) is 38.3 Å². The van der Waals surface area contributed by atoms with Gasteiger partial charge in [0, 0.05) is 29.6 Å². The zero-order valence-electron chi connectivity index (χ0n) is 19.2. The third-order valence-electron chi connectivity index (χ3n) is 6.55. The molecule has 4 aromatic rings. The monoisotopic (exact) mass is 513 g/mol. The highest BCUT2D eigenvalue weighted by Crippen LogP contribution is 2.32. The van der Waals surface area contributed by atoms with Crippen molar-refractivity contribution in [3.8, 4) is 0 Å². The van der Waals surface area contributed by atoms with Crippen LogP contribution in [0.25, 0.3) is 22.0 Å². The molecule has 1 amide bonds. The molecule has 10 heteroatoms. The van der Waals surface area contributed by atoms with Gasteiger partial charge in [-0.3, -0.25) is 4.79 Å². The van der Waals surface area contributed by atoms with Crippen LogP contribution in [0.2, 0.25) is 10.0 Å². The van der Waals surface area contributed by atoms with Gasteiger partial charge in [0.2, 0.25) is 5.95 Å². The Kier molecular flexibility index (Phi) is 6.44. The lowest BCUT2D eigenvalue weighted by atomic mass is 10.1. The van der Waals surface area contributed by atoms with E-state index < -0.39 is 11.5 Å². The number of amides is 1. The maximum atomic E-state index is 12.4. The fourth-order valence-electron chi connectivity index (χ4n) is 4.71. The SMILES string of the molecule is Cc1c(C(N)=O)c(=O)oc2cc3c(cc12)nc(Nc1ccc(Cl)cc1Cl)n3CCN1CCCCC1. The van der Waals surface area contributed by atoms with Gasteiger partial charge in [0.15, 0.2) is 0 Å². The number of primary amides is 1. The number of nitrogens with one attached hydrogen (secondary N) is 1. The smallest absolute Gasteiger partial charge is 0.349 e. The van der Waals surface area contributed by atoms with Crippen molar-refractivity contribution in [1.29, 1.82) is 0 Å². The average molecular weight is 514 g/mol.